The van der Waals surface area contributed by atoms with Crippen molar-refractivity contribution in [1.82, 2.24) is 15.0 Å². The zero-order chi connectivity index (χ0) is 26.2. The van der Waals surface area contributed by atoms with E-state index in [0.717, 1.165) is 17.2 Å². The van der Waals surface area contributed by atoms with Gasteiger partial charge in [-0.05, 0) is 53.1 Å². The zero-order valence-electron chi connectivity index (χ0n) is 19.1. The Balaban J connectivity index is 1.49. The number of hydrogen-bond donors (Lipinski definition) is 4. The fourth-order valence-electron chi connectivity index (χ4n) is 3.09. The molecular formula is C24H20F2N8O3. The highest BCUT2D eigenvalue weighted by molar-refractivity contribution is 5.81. The molecule has 0 amide bonds. The Bertz CT molecular complexity index is 1350. The Hall–Kier alpha value is -5.20. The molecule has 0 atom stereocenters. The minimum Gasteiger partial charge on any atom is -0.502 e. The molecule has 37 heavy (non-hydrogen) atoms. The number of phenolic OH excluding ortho intramolecular Hbond substituents is 1. The second-order valence-electron chi connectivity index (χ2n) is 7.64. The van der Waals surface area contributed by atoms with E-state index in [1.165, 1.54) is 42.6 Å². The molecule has 188 valence electrons. The number of hydrogen-bond acceptors (Lipinski definition) is 10. The van der Waals surface area contributed by atoms with Crippen molar-refractivity contribution in [3.05, 3.63) is 105 Å². The molecule has 13 heteroatoms. The molecular weight excluding hydrogens is 486 g/mol. The third kappa shape index (κ3) is 7.14. The Morgan fingerprint density at radius 1 is 0.838 bits per heavy atom. The van der Waals surface area contributed by atoms with Crippen LogP contribution in [0.2, 0.25) is 0 Å². The third-order valence-corrected chi connectivity index (χ3v) is 4.94. The van der Waals surface area contributed by atoms with Gasteiger partial charge in [-0.1, -0.05) is 24.3 Å². The molecule has 0 bridgehead atoms. The van der Waals surface area contributed by atoms with Crippen LogP contribution in [0.4, 0.5) is 32.3 Å². The highest BCUT2D eigenvalue weighted by Gasteiger charge is 2.12. The minimum absolute atomic E-state index is 0.0700. The molecule has 0 aliphatic rings. The van der Waals surface area contributed by atoms with Gasteiger partial charge in [-0.15, -0.1) is 0 Å². The molecule has 0 radical (unpaired) electrons. The SMILES string of the molecule is O=[N+]([O-])c1ccc(/C=N/Nc2nc(NCc3ccc(F)cc3)nc(NCc3ccc(F)cc3)n2)cc1O. The number of rotatable bonds is 10. The lowest BCUT2D eigenvalue weighted by Crippen LogP contribution is -2.11. The molecule has 11 nitrogen and oxygen atoms in total. The quantitative estimate of drug-likeness (QED) is 0.139. The summed E-state index contributed by atoms with van der Waals surface area (Å²) in [6.07, 6.45) is 1.32. The van der Waals surface area contributed by atoms with E-state index in [0.29, 0.717) is 18.7 Å². The Kier molecular flexibility index (Phi) is 7.73. The van der Waals surface area contributed by atoms with Crippen molar-refractivity contribution in [2.24, 2.45) is 5.10 Å². The highest BCUT2D eigenvalue weighted by Crippen LogP contribution is 2.25. The van der Waals surface area contributed by atoms with Crippen LogP contribution >= 0.6 is 0 Å². The maximum Gasteiger partial charge on any atom is 0.310 e. The van der Waals surface area contributed by atoms with E-state index < -0.39 is 16.4 Å². The second-order valence-corrected chi connectivity index (χ2v) is 7.64. The average molecular weight is 506 g/mol. The molecule has 0 saturated carbocycles. The number of aromatic nitrogens is 3. The number of nitrogens with zero attached hydrogens (tertiary/aromatic N) is 5. The van der Waals surface area contributed by atoms with Gasteiger partial charge >= 0.3 is 5.69 Å². The van der Waals surface area contributed by atoms with Gasteiger partial charge in [-0.3, -0.25) is 10.1 Å². The summed E-state index contributed by atoms with van der Waals surface area (Å²) in [7, 11) is 0. The van der Waals surface area contributed by atoms with Gasteiger partial charge in [0.2, 0.25) is 17.8 Å². The van der Waals surface area contributed by atoms with E-state index in [4.69, 9.17) is 0 Å². The van der Waals surface area contributed by atoms with Crippen LogP contribution in [0.15, 0.2) is 71.8 Å². The number of aromatic hydroxyl groups is 1. The van der Waals surface area contributed by atoms with Gasteiger partial charge in [0.1, 0.15) is 11.6 Å². The maximum absolute atomic E-state index is 13.2. The second kappa shape index (κ2) is 11.5. The third-order valence-electron chi connectivity index (χ3n) is 4.94. The smallest absolute Gasteiger partial charge is 0.310 e. The van der Waals surface area contributed by atoms with Crippen molar-refractivity contribution in [2.45, 2.75) is 13.1 Å². The number of anilines is 3. The molecule has 0 spiro atoms. The number of nitrogens with one attached hydrogen (secondary N) is 3. The van der Waals surface area contributed by atoms with Crippen molar-refractivity contribution in [1.29, 1.82) is 0 Å². The summed E-state index contributed by atoms with van der Waals surface area (Å²) in [6, 6.07) is 15.7. The van der Waals surface area contributed by atoms with Crippen molar-refractivity contribution in [3.8, 4) is 5.75 Å². The highest BCUT2D eigenvalue weighted by atomic mass is 19.1. The summed E-state index contributed by atoms with van der Waals surface area (Å²) >= 11 is 0. The summed E-state index contributed by atoms with van der Waals surface area (Å²) in [4.78, 5) is 23.0. The minimum atomic E-state index is -0.694. The molecule has 0 saturated heterocycles. The van der Waals surface area contributed by atoms with Crippen molar-refractivity contribution in [2.75, 3.05) is 16.1 Å². The summed E-state index contributed by atoms with van der Waals surface area (Å²) in [5, 5.41) is 30.7. The van der Waals surface area contributed by atoms with E-state index >= 15 is 0 Å². The van der Waals surface area contributed by atoms with Crippen LogP contribution in [0.3, 0.4) is 0 Å². The molecule has 0 unspecified atom stereocenters. The van der Waals surface area contributed by atoms with Gasteiger partial charge in [-0.25, -0.2) is 14.2 Å². The van der Waals surface area contributed by atoms with Crippen LogP contribution in [-0.4, -0.2) is 31.2 Å². The molecule has 0 aliphatic heterocycles. The molecule has 0 aliphatic carbocycles. The van der Waals surface area contributed by atoms with Gasteiger partial charge in [0.05, 0.1) is 11.1 Å². The van der Waals surface area contributed by atoms with Gasteiger partial charge < -0.3 is 15.7 Å². The summed E-state index contributed by atoms with van der Waals surface area (Å²) in [6.45, 7) is 0.624. The molecule has 3 aromatic carbocycles. The van der Waals surface area contributed by atoms with Crippen molar-refractivity contribution < 1.29 is 18.8 Å². The van der Waals surface area contributed by atoms with E-state index in [1.807, 2.05) is 0 Å². The number of nitro groups is 1. The van der Waals surface area contributed by atoms with Crippen molar-refractivity contribution in [3.63, 3.8) is 0 Å². The predicted octanol–water partition coefficient (Wildman–Crippen LogP) is 4.43. The standard InChI is InChI=1S/C24H20F2N8O3/c25-18-6-1-15(2-7-18)12-27-22-30-23(28-13-16-3-8-19(26)9-4-16)32-24(31-22)33-29-14-17-5-10-20(34(36)37)21(35)11-17/h1-11,14,35H,12-13H2,(H3,27,28,30,31,32,33)/b29-14+. The fourth-order valence-corrected chi connectivity index (χ4v) is 3.09. The molecule has 4 rings (SSSR count). The Morgan fingerprint density at radius 3 is 1.84 bits per heavy atom. The lowest BCUT2D eigenvalue weighted by molar-refractivity contribution is -0.385. The van der Waals surface area contributed by atoms with E-state index in [1.54, 1.807) is 24.3 Å². The first-order valence-corrected chi connectivity index (χ1v) is 10.8. The molecule has 1 heterocycles. The van der Waals surface area contributed by atoms with Gasteiger partial charge in [0, 0.05) is 19.2 Å². The predicted molar refractivity (Wildman–Crippen MR) is 133 cm³/mol. The van der Waals surface area contributed by atoms with Crippen LogP contribution in [-0.2, 0) is 13.1 Å². The largest absolute Gasteiger partial charge is 0.502 e. The zero-order valence-corrected chi connectivity index (χ0v) is 19.1. The molecule has 1 aromatic heterocycles. The first-order valence-electron chi connectivity index (χ1n) is 10.8. The monoisotopic (exact) mass is 506 g/mol. The normalized spacial score (nSPS) is 10.9. The fraction of sp³-hybridized carbons (Fsp3) is 0.0833. The van der Waals surface area contributed by atoms with Gasteiger partial charge in [-0.2, -0.15) is 20.1 Å². The molecule has 0 fully saturated rings. The number of nitro benzene ring substituents is 1. The van der Waals surface area contributed by atoms with Crippen LogP contribution in [0.1, 0.15) is 16.7 Å². The van der Waals surface area contributed by atoms with E-state index in [9.17, 15) is 24.0 Å². The number of hydrazone groups is 1. The van der Waals surface area contributed by atoms with Crippen LogP contribution in [0, 0.1) is 21.7 Å². The first-order chi connectivity index (χ1) is 17.9. The van der Waals surface area contributed by atoms with Gasteiger partial charge in [0.25, 0.3) is 0 Å². The molecule has 4 aromatic rings. The van der Waals surface area contributed by atoms with Crippen molar-refractivity contribution >= 4 is 29.7 Å². The van der Waals surface area contributed by atoms with Crippen LogP contribution in [0.25, 0.3) is 0 Å². The Morgan fingerprint density at radius 2 is 1.35 bits per heavy atom. The van der Waals surface area contributed by atoms with E-state index in [-0.39, 0.29) is 29.5 Å². The lowest BCUT2D eigenvalue weighted by atomic mass is 10.2. The number of halogens is 2. The summed E-state index contributed by atoms with van der Waals surface area (Å²) in [5.41, 5.74) is 4.23. The molecule has 4 N–H and O–H groups in total. The van der Waals surface area contributed by atoms with Gasteiger partial charge in [0.15, 0.2) is 5.75 Å². The van der Waals surface area contributed by atoms with Crippen LogP contribution in [0.5, 0.6) is 5.75 Å². The number of benzene rings is 3. The first kappa shape index (κ1) is 24.9. The maximum atomic E-state index is 13.2. The Labute approximate surface area is 209 Å². The topological polar surface area (TPSA) is 150 Å². The van der Waals surface area contributed by atoms with Crippen LogP contribution < -0.4 is 16.1 Å². The average Bonchev–Trinajstić information content (AvgIpc) is 2.88. The lowest BCUT2D eigenvalue weighted by Gasteiger charge is -2.10. The number of phenols is 1. The van der Waals surface area contributed by atoms with E-state index in [2.05, 4.69) is 36.1 Å². The summed E-state index contributed by atoms with van der Waals surface area (Å²) in [5.74, 6) is -0.712. The summed E-state index contributed by atoms with van der Waals surface area (Å²) < 4.78 is 26.3.